The number of Topliss-reactive ketones (excluding diaryl/α,β-unsaturated/α-hetero) is 1. The molecule has 0 saturated carbocycles. The first-order chi connectivity index (χ1) is 12.4. The van der Waals surface area contributed by atoms with Crippen molar-refractivity contribution < 1.29 is 14.3 Å². The Labute approximate surface area is 161 Å². The molecule has 5 nitrogen and oxygen atoms in total. The van der Waals surface area contributed by atoms with Crippen LogP contribution in [0.25, 0.3) is 0 Å². The molecule has 1 unspecified atom stereocenters. The largest absolute Gasteiger partial charge is 0.465 e. The van der Waals surface area contributed by atoms with Crippen LogP contribution in [-0.2, 0) is 10.5 Å². The first-order valence-corrected chi connectivity index (χ1v) is 10.1. The highest BCUT2D eigenvalue weighted by atomic mass is 32.2. The van der Waals surface area contributed by atoms with E-state index in [2.05, 4.69) is 16.0 Å². The van der Waals surface area contributed by atoms with E-state index in [0.29, 0.717) is 22.5 Å². The molecule has 0 radical (unpaired) electrons. The summed E-state index contributed by atoms with van der Waals surface area (Å²) >= 11 is 3.10. The van der Waals surface area contributed by atoms with Crippen molar-refractivity contribution in [3.8, 4) is 0 Å². The van der Waals surface area contributed by atoms with Crippen molar-refractivity contribution in [2.24, 2.45) is 4.99 Å². The fourth-order valence-corrected chi connectivity index (χ4v) is 5.13. The number of carbonyl (C=O) groups excluding carboxylic acids is 2. The highest BCUT2D eigenvalue weighted by Crippen LogP contribution is 2.36. The molecule has 7 heteroatoms. The molecule has 3 rings (SSSR count). The Morgan fingerprint density at radius 3 is 2.77 bits per heavy atom. The van der Waals surface area contributed by atoms with Crippen molar-refractivity contribution in [2.75, 3.05) is 7.11 Å². The summed E-state index contributed by atoms with van der Waals surface area (Å²) in [5.74, 6) is 0.378. The lowest BCUT2D eigenvalue weighted by atomic mass is 10.1. The molecule has 2 aromatic rings. The molecule has 1 atom stereocenters. The lowest BCUT2D eigenvalue weighted by molar-refractivity contribution is 0.0599. The number of ketones is 1. The number of rotatable bonds is 4. The van der Waals surface area contributed by atoms with Gasteiger partial charge in [-0.15, -0.1) is 0 Å². The van der Waals surface area contributed by atoms with Gasteiger partial charge in [0.2, 0.25) is 0 Å². The summed E-state index contributed by atoms with van der Waals surface area (Å²) in [7, 11) is 1.34. The summed E-state index contributed by atoms with van der Waals surface area (Å²) in [6.07, 6.45) is 0. The molecule has 1 aromatic carbocycles. The van der Waals surface area contributed by atoms with Crippen LogP contribution in [0.15, 0.2) is 29.3 Å². The maximum Gasteiger partial charge on any atom is 0.339 e. The van der Waals surface area contributed by atoms with E-state index in [1.54, 1.807) is 25.6 Å². The number of benzene rings is 1. The Bertz CT molecular complexity index is 902. The Kier molecular flexibility index (Phi) is 5.58. The Morgan fingerprint density at radius 1 is 1.31 bits per heavy atom. The van der Waals surface area contributed by atoms with E-state index in [0.717, 1.165) is 15.8 Å². The number of nitrogens with zero attached hydrogens (tertiary/aromatic N) is 1. The van der Waals surface area contributed by atoms with Crippen LogP contribution < -0.4 is 0 Å². The minimum Gasteiger partial charge on any atom is -0.465 e. The summed E-state index contributed by atoms with van der Waals surface area (Å²) in [6, 6.07) is 8.04. The Morgan fingerprint density at radius 2 is 2.04 bits per heavy atom. The van der Waals surface area contributed by atoms with Crippen LogP contribution in [0.2, 0.25) is 0 Å². The standard InChI is InChI=1S/C19H20N2O3S2/c1-10-15(18(23)24-4)11(2)20-16(10)17(22)12(3)26-19-21-14-8-6-5-7-13(14)9-25-19/h5-8,12,20H,9H2,1-4H3. The monoisotopic (exact) mass is 388 g/mol. The van der Waals surface area contributed by atoms with Gasteiger partial charge in [-0.05, 0) is 38.0 Å². The van der Waals surface area contributed by atoms with Gasteiger partial charge < -0.3 is 9.72 Å². The third kappa shape index (κ3) is 3.59. The lowest BCUT2D eigenvalue weighted by Crippen LogP contribution is -2.17. The number of fused-ring (bicyclic) bond motifs is 1. The number of H-pyrrole nitrogens is 1. The third-order valence-electron chi connectivity index (χ3n) is 4.27. The van der Waals surface area contributed by atoms with E-state index < -0.39 is 5.97 Å². The maximum atomic E-state index is 12.9. The number of ether oxygens (including phenoxy) is 1. The van der Waals surface area contributed by atoms with Crippen LogP contribution in [0, 0.1) is 13.8 Å². The molecule has 0 aliphatic carbocycles. The summed E-state index contributed by atoms with van der Waals surface area (Å²) < 4.78 is 5.70. The SMILES string of the molecule is COC(=O)c1c(C)[nH]c(C(=O)C(C)SC2=Nc3ccccc3CS2)c1C. The predicted octanol–water partition coefficient (Wildman–Crippen LogP) is 4.66. The lowest BCUT2D eigenvalue weighted by Gasteiger charge is -2.16. The van der Waals surface area contributed by atoms with E-state index >= 15 is 0 Å². The number of hydrogen-bond acceptors (Lipinski definition) is 6. The Balaban J connectivity index is 1.79. The van der Waals surface area contributed by atoms with E-state index in [9.17, 15) is 9.59 Å². The fraction of sp³-hybridized carbons (Fsp3) is 0.316. The van der Waals surface area contributed by atoms with Gasteiger partial charge in [-0.1, -0.05) is 41.7 Å². The highest BCUT2D eigenvalue weighted by Gasteiger charge is 2.27. The number of methoxy groups -OCH3 is 1. The van der Waals surface area contributed by atoms with Crippen LogP contribution in [0.1, 0.15) is 44.6 Å². The van der Waals surface area contributed by atoms with Crippen LogP contribution in [-0.4, -0.2) is 33.5 Å². The zero-order valence-electron chi connectivity index (χ0n) is 15.1. The topological polar surface area (TPSA) is 71.5 Å². The average Bonchev–Trinajstić information content (AvgIpc) is 2.94. The number of para-hydroxylation sites is 1. The molecule has 0 spiro atoms. The molecule has 2 heterocycles. The van der Waals surface area contributed by atoms with Gasteiger partial charge >= 0.3 is 5.97 Å². The van der Waals surface area contributed by atoms with Gasteiger partial charge in [0.15, 0.2) is 5.78 Å². The molecule has 1 aliphatic heterocycles. The number of nitrogens with one attached hydrogen (secondary N) is 1. The molecule has 0 amide bonds. The number of aromatic amines is 1. The summed E-state index contributed by atoms with van der Waals surface area (Å²) in [4.78, 5) is 32.5. The average molecular weight is 389 g/mol. The van der Waals surface area contributed by atoms with Crippen LogP contribution in [0.3, 0.4) is 0 Å². The predicted molar refractivity (Wildman–Crippen MR) is 108 cm³/mol. The fourth-order valence-electron chi connectivity index (χ4n) is 2.89. The van der Waals surface area contributed by atoms with E-state index in [1.165, 1.54) is 24.4 Å². The van der Waals surface area contributed by atoms with Gasteiger partial charge in [0.1, 0.15) is 4.38 Å². The number of aryl methyl sites for hydroxylation is 1. The van der Waals surface area contributed by atoms with Gasteiger partial charge in [-0.3, -0.25) is 4.79 Å². The van der Waals surface area contributed by atoms with Gasteiger partial charge in [0.05, 0.1) is 29.3 Å². The molecule has 1 aliphatic rings. The molecule has 0 fully saturated rings. The molecule has 136 valence electrons. The van der Waals surface area contributed by atoms with E-state index in [1.807, 2.05) is 25.1 Å². The zero-order chi connectivity index (χ0) is 18.8. The van der Waals surface area contributed by atoms with Crippen molar-refractivity contribution >= 4 is 45.3 Å². The van der Waals surface area contributed by atoms with Crippen LogP contribution in [0.4, 0.5) is 5.69 Å². The van der Waals surface area contributed by atoms with E-state index in [4.69, 9.17) is 4.74 Å². The second-order valence-electron chi connectivity index (χ2n) is 6.04. The molecular weight excluding hydrogens is 368 g/mol. The number of thioether (sulfide) groups is 2. The molecule has 0 bridgehead atoms. The quantitative estimate of drug-likeness (QED) is 0.609. The van der Waals surface area contributed by atoms with Crippen LogP contribution >= 0.6 is 23.5 Å². The third-order valence-corrected chi connectivity index (χ3v) is 6.57. The smallest absolute Gasteiger partial charge is 0.339 e. The molecule has 26 heavy (non-hydrogen) atoms. The van der Waals surface area contributed by atoms with Gasteiger partial charge in [-0.2, -0.15) is 0 Å². The Hall–Kier alpha value is -1.99. The summed E-state index contributed by atoms with van der Waals surface area (Å²) in [5, 5.41) is -0.311. The number of aromatic nitrogens is 1. The molecule has 1 aromatic heterocycles. The maximum absolute atomic E-state index is 12.9. The minimum absolute atomic E-state index is 0.0482. The first kappa shape index (κ1) is 18.8. The van der Waals surface area contributed by atoms with Crippen molar-refractivity contribution in [1.82, 2.24) is 4.98 Å². The summed E-state index contributed by atoms with van der Waals surface area (Å²) in [6.45, 7) is 5.40. The molecular formula is C19H20N2O3S2. The molecule has 1 N–H and O–H groups in total. The van der Waals surface area contributed by atoms with Gasteiger partial charge in [0.25, 0.3) is 0 Å². The second-order valence-corrected chi connectivity index (χ2v) is 8.59. The van der Waals surface area contributed by atoms with E-state index in [-0.39, 0.29) is 11.0 Å². The zero-order valence-corrected chi connectivity index (χ0v) is 16.7. The van der Waals surface area contributed by atoms with Gasteiger partial charge in [0, 0.05) is 11.4 Å². The number of carbonyl (C=O) groups is 2. The number of hydrogen-bond donors (Lipinski definition) is 1. The summed E-state index contributed by atoms with van der Waals surface area (Å²) in [5.41, 5.74) is 4.35. The molecule has 0 saturated heterocycles. The minimum atomic E-state index is -0.431. The van der Waals surface area contributed by atoms with Crippen LogP contribution in [0.5, 0.6) is 0 Å². The van der Waals surface area contributed by atoms with Gasteiger partial charge in [-0.25, -0.2) is 9.79 Å². The van der Waals surface area contributed by atoms with Crippen molar-refractivity contribution in [1.29, 1.82) is 0 Å². The first-order valence-electron chi connectivity index (χ1n) is 8.20. The second kappa shape index (κ2) is 7.72. The number of aliphatic imine (C=N–C) groups is 1. The van der Waals surface area contributed by atoms with Crippen molar-refractivity contribution in [3.05, 3.63) is 52.3 Å². The number of esters is 1. The normalized spacial score (nSPS) is 14.4. The highest BCUT2D eigenvalue weighted by molar-refractivity contribution is 8.39. The van der Waals surface area contributed by atoms with Crippen molar-refractivity contribution in [2.45, 2.75) is 31.8 Å². The van der Waals surface area contributed by atoms with Crippen molar-refractivity contribution in [3.63, 3.8) is 0 Å².